The number of rotatable bonds is 5. The summed E-state index contributed by atoms with van der Waals surface area (Å²) in [6.45, 7) is 10.7. The molecule has 30 heavy (non-hydrogen) atoms. The lowest BCUT2D eigenvalue weighted by Gasteiger charge is -2.35. The van der Waals surface area contributed by atoms with Gasteiger partial charge in [-0.1, -0.05) is 19.9 Å². The van der Waals surface area contributed by atoms with Gasteiger partial charge in [-0.15, -0.1) is 0 Å². The van der Waals surface area contributed by atoms with Crippen LogP contribution in [0.1, 0.15) is 19.4 Å². The Labute approximate surface area is 178 Å². The molecular weight excluding hydrogens is 385 g/mol. The highest BCUT2D eigenvalue weighted by Crippen LogP contribution is 2.25. The second-order valence-electron chi connectivity index (χ2n) is 8.12. The van der Waals surface area contributed by atoms with Crippen molar-refractivity contribution in [3.63, 3.8) is 0 Å². The zero-order valence-electron chi connectivity index (χ0n) is 18.5. The Balaban J connectivity index is 1.57. The van der Waals surface area contributed by atoms with Gasteiger partial charge < -0.3 is 24.8 Å². The molecule has 0 aliphatic carbocycles. The molecule has 2 fully saturated rings. The summed E-state index contributed by atoms with van der Waals surface area (Å²) in [6.07, 6.45) is 0. The Hall–Kier alpha value is -2.35. The second-order valence-corrected chi connectivity index (χ2v) is 8.12. The third-order valence-corrected chi connectivity index (χ3v) is 6.25. The van der Waals surface area contributed by atoms with Crippen LogP contribution in [-0.2, 0) is 16.1 Å². The number of hydrogen-bond acceptors (Lipinski definition) is 5. The SMILES string of the molecule is CCN1CCN(c2ccc(CNC(=NC)N3CC(C)C(C(=O)OC)C3)cc2F)CC1. The van der Waals surface area contributed by atoms with Crippen molar-refractivity contribution >= 4 is 17.6 Å². The lowest BCUT2D eigenvalue weighted by molar-refractivity contribution is -0.145. The van der Waals surface area contributed by atoms with Crippen molar-refractivity contribution in [2.75, 3.05) is 64.9 Å². The van der Waals surface area contributed by atoms with E-state index in [0.29, 0.717) is 24.7 Å². The van der Waals surface area contributed by atoms with Gasteiger partial charge in [0.25, 0.3) is 0 Å². The number of piperazine rings is 1. The number of esters is 1. The van der Waals surface area contributed by atoms with E-state index in [-0.39, 0.29) is 23.6 Å². The van der Waals surface area contributed by atoms with E-state index in [1.54, 1.807) is 13.1 Å². The smallest absolute Gasteiger partial charge is 0.310 e. The number of nitrogens with zero attached hydrogens (tertiary/aromatic N) is 4. The van der Waals surface area contributed by atoms with Gasteiger partial charge in [0.05, 0.1) is 18.7 Å². The average Bonchev–Trinajstić information content (AvgIpc) is 3.15. The molecular formula is C22H34FN5O2. The first-order chi connectivity index (χ1) is 14.5. The summed E-state index contributed by atoms with van der Waals surface area (Å²) in [5.41, 5.74) is 1.54. The van der Waals surface area contributed by atoms with Gasteiger partial charge in [-0.3, -0.25) is 9.79 Å². The number of halogens is 1. The normalized spacial score (nSPS) is 23.0. The van der Waals surface area contributed by atoms with Gasteiger partial charge in [-0.2, -0.15) is 0 Å². The molecule has 0 bridgehead atoms. The van der Waals surface area contributed by atoms with E-state index < -0.39 is 0 Å². The van der Waals surface area contributed by atoms with Gasteiger partial charge in [-0.05, 0) is 30.2 Å². The number of methoxy groups -OCH3 is 1. The Kier molecular flexibility index (Phi) is 7.53. The predicted octanol–water partition coefficient (Wildman–Crippen LogP) is 1.78. The quantitative estimate of drug-likeness (QED) is 0.446. The summed E-state index contributed by atoms with van der Waals surface area (Å²) in [4.78, 5) is 22.8. The summed E-state index contributed by atoms with van der Waals surface area (Å²) >= 11 is 0. The molecule has 0 spiro atoms. The summed E-state index contributed by atoms with van der Waals surface area (Å²) in [5.74, 6) is 0.389. The standard InChI is InChI=1S/C22H34FN5O2/c1-5-26-8-10-27(11-9-26)20-7-6-17(12-19(20)23)13-25-22(24-3)28-14-16(2)18(15-28)21(29)30-4/h6-7,12,16,18H,5,8-11,13-15H2,1-4H3,(H,24,25). The summed E-state index contributed by atoms with van der Waals surface area (Å²) < 4.78 is 19.7. The van der Waals surface area contributed by atoms with Crippen LogP contribution < -0.4 is 10.2 Å². The van der Waals surface area contributed by atoms with Crippen molar-refractivity contribution in [1.82, 2.24) is 15.1 Å². The van der Waals surface area contributed by atoms with Gasteiger partial charge in [-0.25, -0.2) is 4.39 Å². The van der Waals surface area contributed by atoms with Crippen molar-refractivity contribution < 1.29 is 13.9 Å². The highest BCUT2D eigenvalue weighted by molar-refractivity contribution is 5.82. The highest BCUT2D eigenvalue weighted by atomic mass is 19.1. The van der Waals surface area contributed by atoms with E-state index in [9.17, 15) is 9.18 Å². The van der Waals surface area contributed by atoms with Crippen LogP contribution in [0.4, 0.5) is 10.1 Å². The maximum atomic E-state index is 14.8. The predicted molar refractivity (Wildman–Crippen MR) is 117 cm³/mol. The number of guanidine groups is 1. The van der Waals surface area contributed by atoms with Crippen LogP contribution in [0.2, 0.25) is 0 Å². The van der Waals surface area contributed by atoms with Crippen LogP contribution in [0.15, 0.2) is 23.2 Å². The maximum absolute atomic E-state index is 14.8. The molecule has 2 unspecified atom stereocenters. The molecule has 2 aliphatic rings. The Morgan fingerprint density at radius 3 is 2.60 bits per heavy atom. The zero-order valence-corrected chi connectivity index (χ0v) is 18.5. The molecule has 2 aliphatic heterocycles. The number of anilines is 1. The molecule has 2 saturated heterocycles. The van der Waals surface area contributed by atoms with Gasteiger partial charge in [0, 0.05) is 52.9 Å². The number of likely N-dealkylation sites (N-methyl/N-ethyl adjacent to an activating group) is 1. The molecule has 3 rings (SSSR count). The van der Waals surface area contributed by atoms with E-state index in [1.165, 1.54) is 7.11 Å². The molecule has 0 radical (unpaired) electrons. The molecule has 0 amide bonds. The molecule has 8 heteroatoms. The van der Waals surface area contributed by atoms with Gasteiger partial charge in [0.2, 0.25) is 0 Å². The van der Waals surface area contributed by atoms with Crippen molar-refractivity contribution in [2.24, 2.45) is 16.8 Å². The minimum atomic E-state index is -0.185. The number of aliphatic imine (C=N–C) groups is 1. The van der Waals surface area contributed by atoms with Crippen molar-refractivity contribution in [3.8, 4) is 0 Å². The van der Waals surface area contributed by atoms with Crippen molar-refractivity contribution in [3.05, 3.63) is 29.6 Å². The van der Waals surface area contributed by atoms with E-state index in [2.05, 4.69) is 31.9 Å². The number of carbonyl (C=O) groups excluding carboxylic acids is 1. The van der Waals surface area contributed by atoms with Crippen molar-refractivity contribution in [2.45, 2.75) is 20.4 Å². The first-order valence-electron chi connectivity index (χ1n) is 10.8. The Bertz CT molecular complexity index is 764. The first kappa shape index (κ1) is 22.3. The Morgan fingerprint density at radius 1 is 1.27 bits per heavy atom. The number of likely N-dealkylation sites (tertiary alicyclic amines) is 1. The molecule has 2 atom stereocenters. The lowest BCUT2D eigenvalue weighted by atomic mass is 9.99. The number of hydrogen-bond donors (Lipinski definition) is 1. The van der Waals surface area contributed by atoms with E-state index >= 15 is 0 Å². The van der Waals surface area contributed by atoms with Crippen LogP contribution >= 0.6 is 0 Å². The van der Waals surface area contributed by atoms with E-state index in [1.807, 2.05) is 19.1 Å². The third kappa shape index (κ3) is 5.03. The molecule has 2 heterocycles. The average molecular weight is 420 g/mol. The third-order valence-electron chi connectivity index (χ3n) is 6.25. The summed E-state index contributed by atoms with van der Waals surface area (Å²) in [6, 6.07) is 5.45. The van der Waals surface area contributed by atoms with Gasteiger partial charge >= 0.3 is 5.97 Å². The number of ether oxygens (including phenoxy) is 1. The van der Waals surface area contributed by atoms with Crippen LogP contribution in [0, 0.1) is 17.7 Å². The number of benzene rings is 1. The minimum absolute atomic E-state index is 0.154. The molecule has 1 aromatic rings. The largest absolute Gasteiger partial charge is 0.469 e. The fourth-order valence-corrected chi connectivity index (χ4v) is 4.33. The van der Waals surface area contributed by atoms with Gasteiger partial charge in [0.1, 0.15) is 5.82 Å². The molecule has 0 saturated carbocycles. The zero-order chi connectivity index (χ0) is 21.7. The van der Waals surface area contributed by atoms with E-state index in [4.69, 9.17) is 4.74 Å². The maximum Gasteiger partial charge on any atom is 0.310 e. The highest BCUT2D eigenvalue weighted by Gasteiger charge is 2.36. The molecule has 1 aromatic carbocycles. The molecule has 7 nitrogen and oxygen atoms in total. The van der Waals surface area contributed by atoms with Crippen LogP contribution in [0.25, 0.3) is 0 Å². The fraction of sp³-hybridized carbons (Fsp3) is 0.636. The van der Waals surface area contributed by atoms with Gasteiger partial charge in [0.15, 0.2) is 5.96 Å². The summed E-state index contributed by atoms with van der Waals surface area (Å²) in [5, 5.41) is 3.30. The number of nitrogens with one attached hydrogen (secondary N) is 1. The first-order valence-corrected chi connectivity index (χ1v) is 10.8. The second kappa shape index (κ2) is 10.1. The monoisotopic (exact) mass is 419 g/mol. The fourth-order valence-electron chi connectivity index (χ4n) is 4.33. The lowest BCUT2D eigenvalue weighted by Crippen LogP contribution is -2.46. The Morgan fingerprint density at radius 2 is 2.00 bits per heavy atom. The van der Waals surface area contributed by atoms with Crippen molar-refractivity contribution in [1.29, 1.82) is 0 Å². The molecule has 0 aromatic heterocycles. The molecule has 166 valence electrons. The molecule has 1 N–H and O–H groups in total. The van der Waals surface area contributed by atoms with Crippen LogP contribution in [-0.4, -0.2) is 81.7 Å². The minimum Gasteiger partial charge on any atom is -0.469 e. The topological polar surface area (TPSA) is 60.4 Å². The number of carbonyl (C=O) groups is 1. The van der Waals surface area contributed by atoms with E-state index in [0.717, 1.165) is 44.8 Å². The van der Waals surface area contributed by atoms with Crippen LogP contribution in [0.3, 0.4) is 0 Å². The van der Waals surface area contributed by atoms with Crippen LogP contribution in [0.5, 0.6) is 0 Å². The summed E-state index contributed by atoms with van der Waals surface area (Å²) in [7, 11) is 3.14.